The molecule has 0 aromatic heterocycles. The highest BCUT2D eigenvalue weighted by molar-refractivity contribution is 14.1. The molecule has 0 atom stereocenters. The molecule has 4 heteroatoms. The van der Waals surface area contributed by atoms with E-state index >= 15 is 0 Å². The fourth-order valence-corrected chi connectivity index (χ4v) is 1.97. The minimum Gasteiger partial charge on any atom is -0.353 e. The summed E-state index contributed by atoms with van der Waals surface area (Å²) in [7, 11) is 0. The van der Waals surface area contributed by atoms with Crippen molar-refractivity contribution in [1.29, 1.82) is 5.26 Å². The molecule has 0 spiro atoms. The largest absolute Gasteiger partial charge is 0.353 e. The molecule has 0 aliphatic heterocycles. The van der Waals surface area contributed by atoms with Crippen LogP contribution in [0.5, 0.6) is 0 Å². The molecule has 1 N–H and O–H groups in total. The Hall–Kier alpha value is -1.61. The van der Waals surface area contributed by atoms with Gasteiger partial charge in [0, 0.05) is 3.57 Å². The summed E-state index contributed by atoms with van der Waals surface area (Å²) in [4.78, 5) is 0. The third-order valence-corrected chi connectivity index (χ3v) is 3.21. The Labute approximate surface area is 112 Å². The van der Waals surface area contributed by atoms with Crippen LogP contribution in [0.4, 0.5) is 15.8 Å². The molecule has 0 radical (unpaired) electrons. The maximum Gasteiger partial charge on any atom is 0.143 e. The monoisotopic (exact) mass is 338 g/mol. The van der Waals surface area contributed by atoms with Crippen LogP contribution in [0, 0.1) is 20.7 Å². The normalized spacial score (nSPS) is 9.71. The summed E-state index contributed by atoms with van der Waals surface area (Å²) in [5.41, 5.74) is 1.37. The van der Waals surface area contributed by atoms with Gasteiger partial charge in [0.1, 0.15) is 17.4 Å². The molecule has 0 aliphatic rings. The molecular formula is C13H8FIN2. The first-order valence-corrected chi connectivity index (χ1v) is 6.00. The van der Waals surface area contributed by atoms with Crippen molar-refractivity contribution in [2.75, 3.05) is 5.32 Å². The van der Waals surface area contributed by atoms with E-state index in [1.165, 1.54) is 6.07 Å². The van der Waals surface area contributed by atoms with E-state index in [9.17, 15) is 4.39 Å². The number of hydrogen-bond donors (Lipinski definition) is 1. The van der Waals surface area contributed by atoms with Gasteiger partial charge in [0.25, 0.3) is 0 Å². The zero-order chi connectivity index (χ0) is 12.3. The molecule has 0 fully saturated rings. The predicted molar refractivity (Wildman–Crippen MR) is 73.6 cm³/mol. The topological polar surface area (TPSA) is 35.8 Å². The number of nitrogens with zero attached hydrogens (tertiary/aromatic N) is 1. The third-order valence-electron chi connectivity index (χ3n) is 2.27. The molecule has 2 aromatic rings. The molecule has 0 bridgehead atoms. The summed E-state index contributed by atoms with van der Waals surface area (Å²) in [5, 5.41) is 12.0. The number of nitrogens with one attached hydrogen (secondary N) is 1. The van der Waals surface area contributed by atoms with Gasteiger partial charge in [-0.15, -0.1) is 0 Å². The summed E-state index contributed by atoms with van der Waals surface area (Å²) in [6, 6.07) is 14.0. The van der Waals surface area contributed by atoms with E-state index in [1.807, 2.05) is 30.3 Å². The number of rotatable bonds is 2. The molecule has 0 aliphatic carbocycles. The molecule has 0 heterocycles. The van der Waals surface area contributed by atoms with Crippen molar-refractivity contribution in [3.05, 3.63) is 57.4 Å². The van der Waals surface area contributed by atoms with E-state index in [0.29, 0.717) is 5.69 Å². The summed E-state index contributed by atoms with van der Waals surface area (Å²) in [5.74, 6) is -0.511. The highest BCUT2D eigenvalue weighted by Crippen LogP contribution is 2.25. The van der Waals surface area contributed by atoms with Gasteiger partial charge in [0.05, 0.1) is 11.4 Å². The van der Waals surface area contributed by atoms with Crippen LogP contribution in [0.2, 0.25) is 0 Å². The van der Waals surface area contributed by atoms with E-state index in [2.05, 4.69) is 27.9 Å². The van der Waals surface area contributed by atoms with Crippen LogP contribution in [0.15, 0.2) is 42.5 Å². The van der Waals surface area contributed by atoms with Crippen LogP contribution in [-0.4, -0.2) is 0 Å². The zero-order valence-electron chi connectivity index (χ0n) is 8.74. The molecule has 0 unspecified atom stereocenters. The average molecular weight is 338 g/mol. The second kappa shape index (κ2) is 5.15. The Morgan fingerprint density at radius 1 is 1.06 bits per heavy atom. The Morgan fingerprint density at radius 2 is 1.76 bits per heavy atom. The molecule has 17 heavy (non-hydrogen) atoms. The van der Waals surface area contributed by atoms with Gasteiger partial charge < -0.3 is 5.32 Å². The summed E-state index contributed by atoms with van der Waals surface area (Å²) >= 11 is 2.18. The van der Waals surface area contributed by atoms with Crippen LogP contribution in [-0.2, 0) is 0 Å². The average Bonchev–Trinajstić information content (AvgIpc) is 2.32. The van der Waals surface area contributed by atoms with Gasteiger partial charge in [-0.3, -0.25) is 0 Å². The molecule has 0 saturated heterocycles. The second-order valence-electron chi connectivity index (χ2n) is 3.38. The quantitative estimate of drug-likeness (QED) is 0.839. The van der Waals surface area contributed by atoms with Gasteiger partial charge in [-0.25, -0.2) is 4.39 Å². The second-order valence-corrected chi connectivity index (χ2v) is 4.54. The first-order valence-electron chi connectivity index (χ1n) is 4.92. The fourth-order valence-electron chi connectivity index (χ4n) is 1.45. The van der Waals surface area contributed by atoms with Crippen LogP contribution < -0.4 is 5.32 Å². The van der Waals surface area contributed by atoms with Gasteiger partial charge in [-0.2, -0.15) is 5.26 Å². The summed E-state index contributed by atoms with van der Waals surface area (Å²) < 4.78 is 14.4. The standard InChI is InChI=1S/C13H8FIN2/c14-10-4-3-7-12(9(10)8-16)17-13-6-2-1-5-11(13)15/h1-7,17H. The lowest BCUT2D eigenvalue weighted by Crippen LogP contribution is -1.97. The van der Waals surface area contributed by atoms with Gasteiger partial charge in [-0.05, 0) is 46.9 Å². The molecule has 2 aromatic carbocycles. The van der Waals surface area contributed by atoms with E-state index in [1.54, 1.807) is 12.1 Å². The maximum absolute atomic E-state index is 13.4. The van der Waals surface area contributed by atoms with Crippen molar-refractivity contribution < 1.29 is 4.39 Å². The number of halogens is 2. The lowest BCUT2D eigenvalue weighted by atomic mass is 10.1. The summed E-state index contributed by atoms with van der Waals surface area (Å²) in [6.07, 6.45) is 0. The van der Waals surface area contributed by atoms with Crippen molar-refractivity contribution in [2.24, 2.45) is 0 Å². The molecule has 2 nitrogen and oxygen atoms in total. The molecular weight excluding hydrogens is 330 g/mol. The lowest BCUT2D eigenvalue weighted by Gasteiger charge is -2.10. The van der Waals surface area contributed by atoms with Gasteiger partial charge in [0.15, 0.2) is 0 Å². The smallest absolute Gasteiger partial charge is 0.143 e. The highest BCUT2D eigenvalue weighted by Gasteiger charge is 2.08. The number of anilines is 2. The van der Waals surface area contributed by atoms with E-state index in [0.717, 1.165) is 9.26 Å². The number of para-hydroxylation sites is 1. The first-order chi connectivity index (χ1) is 8.22. The Balaban J connectivity index is 2.41. The zero-order valence-corrected chi connectivity index (χ0v) is 10.9. The van der Waals surface area contributed by atoms with Gasteiger partial charge in [0.2, 0.25) is 0 Å². The third kappa shape index (κ3) is 2.56. The minimum atomic E-state index is -0.511. The Bertz CT molecular complexity index is 590. The van der Waals surface area contributed by atoms with Crippen LogP contribution in [0.1, 0.15) is 5.56 Å². The molecule has 0 amide bonds. The van der Waals surface area contributed by atoms with Crippen molar-refractivity contribution in [1.82, 2.24) is 0 Å². The van der Waals surface area contributed by atoms with Crippen molar-refractivity contribution >= 4 is 34.0 Å². The van der Waals surface area contributed by atoms with E-state index in [4.69, 9.17) is 5.26 Å². The summed E-state index contributed by atoms with van der Waals surface area (Å²) in [6.45, 7) is 0. The first kappa shape index (κ1) is 11.9. The van der Waals surface area contributed by atoms with Gasteiger partial charge in [-0.1, -0.05) is 18.2 Å². The Kier molecular flexibility index (Phi) is 3.59. The number of benzene rings is 2. The molecule has 0 saturated carbocycles. The number of nitriles is 1. The fraction of sp³-hybridized carbons (Fsp3) is 0. The van der Waals surface area contributed by atoms with Crippen molar-refractivity contribution in [3.8, 4) is 6.07 Å². The Morgan fingerprint density at radius 3 is 2.47 bits per heavy atom. The molecule has 84 valence electrons. The van der Waals surface area contributed by atoms with Crippen LogP contribution in [0.3, 0.4) is 0 Å². The SMILES string of the molecule is N#Cc1c(F)cccc1Nc1ccccc1I. The maximum atomic E-state index is 13.4. The van der Waals surface area contributed by atoms with Crippen LogP contribution >= 0.6 is 22.6 Å². The number of hydrogen-bond acceptors (Lipinski definition) is 2. The van der Waals surface area contributed by atoms with Crippen molar-refractivity contribution in [2.45, 2.75) is 0 Å². The van der Waals surface area contributed by atoms with E-state index < -0.39 is 5.82 Å². The minimum absolute atomic E-state index is 0.0344. The van der Waals surface area contributed by atoms with E-state index in [-0.39, 0.29) is 5.56 Å². The van der Waals surface area contributed by atoms with Gasteiger partial charge >= 0.3 is 0 Å². The lowest BCUT2D eigenvalue weighted by molar-refractivity contribution is 0.624. The van der Waals surface area contributed by atoms with Crippen LogP contribution in [0.25, 0.3) is 0 Å². The van der Waals surface area contributed by atoms with Crippen molar-refractivity contribution in [3.63, 3.8) is 0 Å². The highest BCUT2D eigenvalue weighted by atomic mass is 127. The predicted octanol–water partition coefficient (Wildman–Crippen LogP) is 4.05. The molecule has 2 rings (SSSR count).